The number of aromatic amines is 1. The molecule has 162 valence electrons. The molecule has 31 heavy (non-hydrogen) atoms. The molecule has 0 bridgehead atoms. The lowest BCUT2D eigenvalue weighted by atomic mass is 10.1. The number of amides is 2. The molecule has 0 spiro atoms. The Morgan fingerprint density at radius 2 is 2.00 bits per heavy atom. The van der Waals surface area contributed by atoms with E-state index in [0.717, 1.165) is 41.7 Å². The van der Waals surface area contributed by atoms with Crippen molar-refractivity contribution in [1.82, 2.24) is 9.88 Å². The first-order valence-electron chi connectivity index (χ1n) is 11.1. The topological polar surface area (TPSA) is 69.6 Å². The van der Waals surface area contributed by atoms with Crippen LogP contribution in [0.1, 0.15) is 30.9 Å². The first-order chi connectivity index (χ1) is 15.0. The number of hydrogen-bond donors (Lipinski definition) is 3. The van der Waals surface area contributed by atoms with Crippen molar-refractivity contribution in [3.05, 3.63) is 76.1 Å². The summed E-state index contributed by atoms with van der Waals surface area (Å²) in [5, 5.41) is 3.98. The molecule has 1 saturated heterocycles. The van der Waals surface area contributed by atoms with Gasteiger partial charge in [0, 0.05) is 29.6 Å². The van der Waals surface area contributed by atoms with E-state index < -0.39 is 0 Å². The number of pyridine rings is 1. The molecule has 2 amide bonds. The minimum absolute atomic E-state index is 0.137. The number of aryl methyl sites for hydroxylation is 1. The molecule has 3 N–H and O–H groups in total. The highest BCUT2D eigenvalue weighted by atomic mass is 16.2. The molecule has 1 aromatic heterocycles. The summed E-state index contributed by atoms with van der Waals surface area (Å²) in [6, 6.07) is 17.6. The average Bonchev–Trinajstić information content (AvgIpc) is 3.21. The van der Waals surface area contributed by atoms with Crippen LogP contribution in [0, 0.1) is 6.92 Å². The van der Waals surface area contributed by atoms with E-state index in [-0.39, 0.29) is 18.1 Å². The number of benzene rings is 2. The number of fused-ring (bicyclic) bond motifs is 1. The maximum Gasteiger partial charge on any atom is 0.322 e. The number of quaternary nitrogens is 1. The van der Waals surface area contributed by atoms with E-state index in [9.17, 15) is 9.59 Å². The number of carbonyl (C=O) groups is 1. The minimum atomic E-state index is -0.169. The third-order valence-electron chi connectivity index (χ3n) is 6.27. The number of likely N-dealkylation sites (tertiary alicyclic amines) is 1. The lowest BCUT2D eigenvalue weighted by Crippen LogP contribution is -3.14. The van der Waals surface area contributed by atoms with E-state index in [2.05, 4.69) is 17.2 Å². The van der Waals surface area contributed by atoms with E-state index in [1.807, 2.05) is 61.5 Å². The van der Waals surface area contributed by atoms with Crippen molar-refractivity contribution in [2.24, 2.45) is 0 Å². The van der Waals surface area contributed by atoms with Gasteiger partial charge in [-0.15, -0.1) is 0 Å². The van der Waals surface area contributed by atoms with E-state index in [1.54, 1.807) is 4.90 Å². The second kappa shape index (κ2) is 9.35. The number of hydrogen-bond acceptors (Lipinski definition) is 2. The number of H-pyrrole nitrogens is 1. The molecule has 2 atom stereocenters. The average molecular weight is 420 g/mol. The van der Waals surface area contributed by atoms with Crippen molar-refractivity contribution in [2.45, 2.75) is 39.3 Å². The molecule has 1 fully saturated rings. The zero-order valence-corrected chi connectivity index (χ0v) is 18.3. The van der Waals surface area contributed by atoms with Crippen LogP contribution in [0.4, 0.5) is 10.5 Å². The standard InChI is InChI=1S/C25H30N4O2/c1-3-28-13-7-10-22(28)17-29(25(31)26-21-8-5-4-6-9-21)16-20-15-19-12-11-18(2)14-23(19)27-24(20)30/h4-6,8-9,11-12,14-15,22H,3,7,10,13,16-17H2,1-2H3,(H,26,31)(H,27,30)/p+1/t22-/m0/s1. The smallest absolute Gasteiger partial charge is 0.322 e. The van der Waals surface area contributed by atoms with Crippen LogP contribution in [0.3, 0.4) is 0 Å². The van der Waals surface area contributed by atoms with Crippen LogP contribution in [0.5, 0.6) is 0 Å². The summed E-state index contributed by atoms with van der Waals surface area (Å²) in [4.78, 5) is 32.3. The first kappa shape index (κ1) is 21.1. The fourth-order valence-corrected chi connectivity index (χ4v) is 4.56. The van der Waals surface area contributed by atoms with Gasteiger partial charge in [0.25, 0.3) is 5.56 Å². The molecular weight excluding hydrogens is 388 g/mol. The zero-order chi connectivity index (χ0) is 21.8. The summed E-state index contributed by atoms with van der Waals surface area (Å²) in [7, 11) is 0. The van der Waals surface area contributed by atoms with Crippen LogP contribution in [0.25, 0.3) is 10.9 Å². The van der Waals surface area contributed by atoms with Crippen molar-refractivity contribution < 1.29 is 9.69 Å². The van der Waals surface area contributed by atoms with Gasteiger partial charge in [0.05, 0.1) is 26.2 Å². The summed E-state index contributed by atoms with van der Waals surface area (Å²) in [5.74, 6) is 0. The van der Waals surface area contributed by atoms with Gasteiger partial charge in [-0.25, -0.2) is 4.79 Å². The van der Waals surface area contributed by atoms with Gasteiger partial charge in [0.1, 0.15) is 6.04 Å². The lowest BCUT2D eigenvalue weighted by Gasteiger charge is -2.28. The van der Waals surface area contributed by atoms with Gasteiger partial charge in [-0.3, -0.25) is 4.79 Å². The SMILES string of the molecule is CC[NH+]1CCC[C@H]1CN(Cc1cc2ccc(C)cc2[nH]c1=O)C(=O)Nc1ccccc1. The number of nitrogens with one attached hydrogen (secondary N) is 3. The van der Waals surface area contributed by atoms with Gasteiger partial charge in [-0.05, 0) is 49.1 Å². The summed E-state index contributed by atoms with van der Waals surface area (Å²) < 4.78 is 0. The molecule has 3 aromatic rings. The third-order valence-corrected chi connectivity index (χ3v) is 6.27. The van der Waals surface area contributed by atoms with Crippen molar-refractivity contribution in [3.8, 4) is 0 Å². The fourth-order valence-electron chi connectivity index (χ4n) is 4.56. The van der Waals surface area contributed by atoms with Crippen LogP contribution >= 0.6 is 0 Å². The van der Waals surface area contributed by atoms with Crippen LogP contribution in [-0.2, 0) is 6.54 Å². The molecule has 2 aromatic carbocycles. The quantitative estimate of drug-likeness (QED) is 0.575. The summed E-state index contributed by atoms with van der Waals surface area (Å²) in [5.41, 5.74) is 3.15. The van der Waals surface area contributed by atoms with Crippen molar-refractivity contribution in [3.63, 3.8) is 0 Å². The molecule has 0 aliphatic carbocycles. The molecule has 2 heterocycles. The molecule has 4 rings (SSSR count). The Balaban J connectivity index is 1.61. The van der Waals surface area contributed by atoms with Crippen molar-refractivity contribution in [1.29, 1.82) is 0 Å². The predicted molar refractivity (Wildman–Crippen MR) is 125 cm³/mol. The van der Waals surface area contributed by atoms with E-state index in [0.29, 0.717) is 18.2 Å². The number of anilines is 1. The largest absolute Gasteiger partial charge is 0.331 e. The number of para-hydroxylation sites is 1. The van der Waals surface area contributed by atoms with Gasteiger partial charge in [-0.2, -0.15) is 0 Å². The molecule has 0 radical (unpaired) electrons. The molecule has 0 saturated carbocycles. The van der Waals surface area contributed by atoms with E-state index >= 15 is 0 Å². The number of urea groups is 1. The Hall–Kier alpha value is -3.12. The summed E-state index contributed by atoms with van der Waals surface area (Å²) in [6.45, 7) is 7.31. The number of aromatic nitrogens is 1. The van der Waals surface area contributed by atoms with Gasteiger partial charge in [-0.1, -0.05) is 30.3 Å². The maximum atomic E-state index is 13.2. The van der Waals surface area contributed by atoms with Crippen molar-refractivity contribution >= 4 is 22.6 Å². The normalized spacial score (nSPS) is 18.3. The molecule has 6 heteroatoms. The molecular formula is C25H31N4O2+. The highest BCUT2D eigenvalue weighted by Crippen LogP contribution is 2.16. The van der Waals surface area contributed by atoms with Gasteiger partial charge in [0.2, 0.25) is 0 Å². The second-order valence-electron chi connectivity index (χ2n) is 8.49. The lowest BCUT2D eigenvalue weighted by molar-refractivity contribution is -0.909. The van der Waals surface area contributed by atoms with Crippen LogP contribution < -0.4 is 15.8 Å². The summed E-state index contributed by atoms with van der Waals surface area (Å²) >= 11 is 0. The Labute approximate surface area is 182 Å². The van der Waals surface area contributed by atoms with Gasteiger partial charge in [0.15, 0.2) is 0 Å². The molecule has 1 unspecified atom stereocenters. The summed E-state index contributed by atoms with van der Waals surface area (Å²) in [6.07, 6.45) is 2.28. The van der Waals surface area contributed by atoms with Crippen LogP contribution in [0.15, 0.2) is 59.4 Å². The van der Waals surface area contributed by atoms with Crippen LogP contribution in [0.2, 0.25) is 0 Å². The van der Waals surface area contributed by atoms with Gasteiger partial charge >= 0.3 is 6.03 Å². The number of rotatable bonds is 6. The third kappa shape index (κ3) is 4.97. The molecule has 1 aliphatic heterocycles. The van der Waals surface area contributed by atoms with Crippen molar-refractivity contribution in [2.75, 3.05) is 25.0 Å². The van der Waals surface area contributed by atoms with E-state index in [4.69, 9.17) is 0 Å². The Morgan fingerprint density at radius 3 is 2.77 bits per heavy atom. The second-order valence-corrected chi connectivity index (χ2v) is 8.49. The van der Waals surface area contributed by atoms with Gasteiger partial charge < -0.3 is 20.1 Å². The molecule has 6 nitrogen and oxygen atoms in total. The number of carbonyl (C=O) groups excluding carboxylic acids is 1. The number of likely N-dealkylation sites (N-methyl/N-ethyl adjacent to an activating group) is 1. The minimum Gasteiger partial charge on any atom is -0.331 e. The first-order valence-corrected chi connectivity index (χ1v) is 11.1. The van der Waals surface area contributed by atoms with E-state index in [1.165, 1.54) is 11.3 Å². The Bertz CT molecular complexity index is 1110. The molecule has 1 aliphatic rings. The monoisotopic (exact) mass is 419 g/mol. The fraction of sp³-hybridized carbons (Fsp3) is 0.360. The Kier molecular flexibility index (Phi) is 6.37. The highest BCUT2D eigenvalue weighted by molar-refractivity contribution is 5.89. The number of nitrogens with zero attached hydrogens (tertiary/aromatic N) is 1. The zero-order valence-electron chi connectivity index (χ0n) is 18.3. The van der Waals surface area contributed by atoms with Crippen LogP contribution in [-0.4, -0.2) is 41.6 Å². The predicted octanol–water partition coefficient (Wildman–Crippen LogP) is 2.94. The Morgan fingerprint density at radius 1 is 1.19 bits per heavy atom. The highest BCUT2D eigenvalue weighted by Gasteiger charge is 2.31. The maximum absolute atomic E-state index is 13.2.